The summed E-state index contributed by atoms with van der Waals surface area (Å²) in [6, 6.07) is 1.19. The quantitative estimate of drug-likeness (QED) is 0.572. The van der Waals surface area contributed by atoms with Gasteiger partial charge < -0.3 is 9.42 Å². The van der Waals surface area contributed by atoms with E-state index in [0.29, 0.717) is 29.2 Å². The second kappa shape index (κ2) is 7.00. The van der Waals surface area contributed by atoms with Crippen molar-refractivity contribution in [3.63, 3.8) is 0 Å². The monoisotopic (exact) mass is 379 g/mol. The Bertz CT molecular complexity index is 743. The third kappa shape index (κ3) is 4.55. The van der Waals surface area contributed by atoms with E-state index in [-0.39, 0.29) is 18.2 Å². The summed E-state index contributed by atoms with van der Waals surface area (Å²) < 4.78 is 82.2. The third-order valence-electron chi connectivity index (χ3n) is 3.68. The number of benzene rings is 1. The van der Waals surface area contributed by atoms with Crippen LogP contribution in [0, 0.1) is 13.8 Å². The maximum absolute atomic E-state index is 12.9. The van der Waals surface area contributed by atoms with Crippen LogP contribution in [-0.4, -0.2) is 16.5 Å². The van der Waals surface area contributed by atoms with Gasteiger partial charge in [-0.3, -0.25) is 4.79 Å². The highest BCUT2D eigenvalue weighted by molar-refractivity contribution is 5.49. The van der Waals surface area contributed by atoms with Crippen molar-refractivity contribution in [2.75, 3.05) is 0 Å². The van der Waals surface area contributed by atoms with Crippen LogP contribution in [0.1, 0.15) is 33.7 Å². The topological polar surface area (TPSA) is 46.3 Å². The zero-order chi connectivity index (χ0) is 19.7. The van der Waals surface area contributed by atoms with E-state index in [9.17, 15) is 31.1 Å². The minimum atomic E-state index is -4.95. The normalized spacial score (nSPS) is 12.3. The third-order valence-corrected chi connectivity index (χ3v) is 3.68. The summed E-state index contributed by atoms with van der Waals surface area (Å²) >= 11 is 0. The van der Waals surface area contributed by atoms with Crippen molar-refractivity contribution in [2.45, 2.75) is 39.3 Å². The van der Waals surface area contributed by atoms with Crippen LogP contribution in [-0.2, 0) is 30.2 Å². The average molecular weight is 379 g/mol. The average Bonchev–Trinajstić information content (AvgIpc) is 2.84. The van der Waals surface area contributed by atoms with Crippen molar-refractivity contribution in [3.8, 4) is 0 Å². The first-order chi connectivity index (χ1) is 11.9. The zero-order valence-electron chi connectivity index (χ0n) is 13.6. The summed E-state index contributed by atoms with van der Waals surface area (Å²) in [5, 5.41) is 3.67. The van der Waals surface area contributed by atoms with Gasteiger partial charge in [0.1, 0.15) is 5.76 Å². The molecule has 0 unspecified atom stereocenters. The molecule has 2 aromatic rings. The highest BCUT2D eigenvalue weighted by Crippen LogP contribution is 2.36. The Morgan fingerprint density at radius 1 is 1.00 bits per heavy atom. The summed E-state index contributed by atoms with van der Waals surface area (Å²) in [7, 11) is 0. The molecular weight excluding hydrogens is 366 g/mol. The fraction of sp³-hybridized carbons (Fsp3) is 0.375. The maximum Gasteiger partial charge on any atom is 0.416 e. The molecule has 0 fully saturated rings. The fourth-order valence-corrected chi connectivity index (χ4v) is 2.37. The van der Waals surface area contributed by atoms with E-state index in [2.05, 4.69) is 5.16 Å². The molecular formula is C16H13F6N2O2. The van der Waals surface area contributed by atoms with E-state index in [4.69, 9.17) is 4.52 Å². The predicted octanol–water partition coefficient (Wildman–Crippen LogP) is 4.40. The van der Waals surface area contributed by atoms with Crippen molar-refractivity contribution < 1.29 is 35.7 Å². The molecule has 1 aromatic carbocycles. The molecule has 0 N–H and O–H groups in total. The first-order valence-corrected chi connectivity index (χ1v) is 7.24. The number of hydrogen-bond donors (Lipinski definition) is 0. The van der Waals surface area contributed by atoms with E-state index in [1.54, 1.807) is 13.8 Å². The van der Waals surface area contributed by atoms with Gasteiger partial charge in [-0.15, -0.1) is 0 Å². The number of aryl methyl sites for hydroxylation is 2. The van der Waals surface area contributed by atoms with Gasteiger partial charge >= 0.3 is 18.8 Å². The van der Waals surface area contributed by atoms with E-state index >= 15 is 0 Å². The minimum Gasteiger partial charge on any atom is -0.361 e. The van der Waals surface area contributed by atoms with Crippen LogP contribution in [0.15, 0.2) is 22.7 Å². The first-order valence-electron chi connectivity index (χ1n) is 7.24. The van der Waals surface area contributed by atoms with Gasteiger partial charge in [-0.05, 0) is 37.6 Å². The van der Waals surface area contributed by atoms with Gasteiger partial charge in [-0.25, -0.2) is 0 Å². The maximum atomic E-state index is 12.9. The molecule has 1 radical (unpaired) electrons. The van der Waals surface area contributed by atoms with Crippen LogP contribution >= 0.6 is 0 Å². The lowest BCUT2D eigenvalue weighted by Crippen LogP contribution is -2.22. The summed E-state index contributed by atoms with van der Waals surface area (Å²) in [5.74, 6) is 0.391. The largest absolute Gasteiger partial charge is 0.416 e. The Labute approximate surface area is 144 Å². The number of carbonyl (C=O) groups excluding carboxylic acids is 1. The van der Waals surface area contributed by atoms with E-state index in [0.717, 1.165) is 4.90 Å². The second-order valence-corrected chi connectivity index (χ2v) is 5.66. The molecule has 2 rings (SSSR count). The minimum absolute atomic E-state index is 0.0345. The zero-order valence-corrected chi connectivity index (χ0v) is 13.6. The molecule has 0 saturated carbocycles. The van der Waals surface area contributed by atoms with Gasteiger partial charge in [0.05, 0.1) is 23.4 Å². The molecule has 0 aliphatic carbocycles. The Morgan fingerprint density at radius 2 is 1.54 bits per heavy atom. The summed E-state index contributed by atoms with van der Waals surface area (Å²) in [6.07, 6.45) is -8.39. The fourth-order valence-electron chi connectivity index (χ4n) is 2.37. The Morgan fingerprint density at radius 3 is 1.92 bits per heavy atom. The van der Waals surface area contributed by atoms with Crippen LogP contribution in [0.3, 0.4) is 0 Å². The van der Waals surface area contributed by atoms with Crippen LogP contribution < -0.4 is 0 Å². The van der Waals surface area contributed by atoms with Crippen molar-refractivity contribution in [1.82, 2.24) is 10.1 Å². The molecule has 0 saturated heterocycles. The lowest BCUT2D eigenvalue weighted by atomic mass is 10.0. The van der Waals surface area contributed by atoms with E-state index < -0.39 is 30.0 Å². The van der Waals surface area contributed by atoms with Crippen LogP contribution in [0.4, 0.5) is 26.3 Å². The smallest absolute Gasteiger partial charge is 0.361 e. The molecule has 0 atom stereocenters. The number of hydrogen-bond acceptors (Lipinski definition) is 3. The van der Waals surface area contributed by atoms with Crippen molar-refractivity contribution >= 4 is 6.41 Å². The Balaban J connectivity index is 2.35. The molecule has 0 spiro atoms. The number of alkyl halides is 6. The molecule has 1 aromatic heterocycles. The predicted molar refractivity (Wildman–Crippen MR) is 77.4 cm³/mol. The molecule has 0 aliphatic rings. The van der Waals surface area contributed by atoms with Gasteiger partial charge in [0, 0.05) is 12.1 Å². The molecule has 141 valence electrons. The van der Waals surface area contributed by atoms with E-state index in [1.807, 2.05) is 0 Å². The lowest BCUT2D eigenvalue weighted by molar-refractivity contribution is -0.143. The van der Waals surface area contributed by atoms with Crippen molar-refractivity contribution in [3.05, 3.63) is 51.9 Å². The van der Waals surface area contributed by atoms with Crippen molar-refractivity contribution in [1.29, 1.82) is 0 Å². The highest BCUT2D eigenvalue weighted by atomic mass is 19.4. The SMILES string of the molecule is Cc1noc(C)c1CN([C]=O)Cc1cc(C(F)(F)F)cc(C(F)(F)F)c1. The highest BCUT2D eigenvalue weighted by Gasteiger charge is 2.37. The first kappa shape index (κ1) is 19.8. The number of nitrogens with zero attached hydrogens (tertiary/aromatic N) is 2. The van der Waals surface area contributed by atoms with Gasteiger partial charge in [0.15, 0.2) is 0 Å². The molecule has 1 amide bonds. The van der Waals surface area contributed by atoms with Crippen LogP contribution in [0.25, 0.3) is 0 Å². The summed E-state index contributed by atoms with van der Waals surface area (Å²) in [5.41, 5.74) is -2.22. The number of amides is 1. The molecule has 1 heterocycles. The summed E-state index contributed by atoms with van der Waals surface area (Å²) in [4.78, 5) is 12.0. The second-order valence-electron chi connectivity index (χ2n) is 5.66. The van der Waals surface area contributed by atoms with Crippen LogP contribution in [0.2, 0.25) is 0 Å². The van der Waals surface area contributed by atoms with Gasteiger partial charge in [0.2, 0.25) is 0 Å². The molecule has 0 bridgehead atoms. The van der Waals surface area contributed by atoms with Gasteiger partial charge in [-0.1, -0.05) is 5.16 Å². The van der Waals surface area contributed by atoms with E-state index in [1.165, 1.54) is 6.41 Å². The Hall–Kier alpha value is -2.52. The van der Waals surface area contributed by atoms with Crippen LogP contribution in [0.5, 0.6) is 0 Å². The number of aromatic nitrogens is 1. The molecule has 10 heteroatoms. The molecule has 4 nitrogen and oxygen atoms in total. The molecule has 26 heavy (non-hydrogen) atoms. The Kier molecular flexibility index (Phi) is 5.33. The van der Waals surface area contributed by atoms with Gasteiger partial charge in [0.25, 0.3) is 0 Å². The molecule has 0 aliphatic heterocycles. The lowest BCUT2D eigenvalue weighted by Gasteiger charge is -2.19. The van der Waals surface area contributed by atoms with Gasteiger partial charge in [-0.2, -0.15) is 26.3 Å². The standard InChI is InChI=1S/C16H13F6N2O2/c1-9-14(10(2)26-23-9)7-24(8-25)6-11-3-12(15(17,18)19)5-13(4-11)16(20,21)22/h3-5H,6-7H2,1-2H3. The van der Waals surface area contributed by atoms with Crippen molar-refractivity contribution in [2.24, 2.45) is 0 Å². The number of halogens is 6. The summed E-state index contributed by atoms with van der Waals surface area (Å²) in [6.45, 7) is 2.58. The number of rotatable bonds is 5.